The second kappa shape index (κ2) is 6.47. The van der Waals surface area contributed by atoms with Gasteiger partial charge in [-0.3, -0.25) is 0 Å². The van der Waals surface area contributed by atoms with Gasteiger partial charge >= 0.3 is 0 Å². The average Bonchev–Trinajstić information content (AvgIpc) is 3.17. The van der Waals surface area contributed by atoms with Gasteiger partial charge in [0, 0.05) is 24.7 Å². The highest BCUT2D eigenvalue weighted by molar-refractivity contribution is 5.33. The number of hydrogen-bond acceptors (Lipinski definition) is 1. The van der Waals surface area contributed by atoms with Crippen LogP contribution in [0, 0.1) is 23.7 Å². The zero-order valence-electron chi connectivity index (χ0n) is 10.5. The first-order valence-electron chi connectivity index (χ1n) is 6.49. The molecule has 1 unspecified atom stereocenters. The standard InChI is InChI=1S/C16H20O/c1-14(11-12-17-13-16-9-10-16)7-8-15-5-3-2-4-6-15/h2-6,14,16H,9-13H2,1H3. The molecule has 1 nitrogen and oxygen atoms in total. The Kier molecular flexibility index (Phi) is 4.64. The molecule has 1 aliphatic carbocycles. The van der Waals surface area contributed by atoms with Gasteiger partial charge in [0.25, 0.3) is 0 Å². The van der Waals surface area contributed by atoms with Crippen molar-refractivity contribution in [3.05, 3.63) is 35.9 Å². The Morgan fingerprint density at radius 2 is 2.06 bits per heavy atom. The van der Waals surface area contributed by atoms with Gasteiger partial charge in [-0.25, -0.2) is 0 Å². The van der Waals surface area contributed by atoms with Crippen molar-refractivity contribution >= 4 is 0 Å². The number of hydrogen-bond donors (Lipinski definition) is 0. The van der Waals surface area contributed by atoms with E-state index in [9.17, 15) is 0 Å². The lowest BCUT2D eigenvalue weighted by Gasteiger charge is -2.04. The van der Waals surface area contributed by atoms with E-state index in [-0.39, 0.29) is 0 Å². The van der Waals surface area contributed by atoms with Gasteiger partial charge in [0.15, 0.2) is 0 Å². The normalized spacial score (nSPS) is 16.1. The highest BCUT2D eigenvalue weighted by atomic mass is 16.5. The van der Waals surface area contributed by atoms with Crippen molar-refractivity contribution in [1.29, 1.82) is 0 Å². The summed E-state index contributed by atoms with van der Waals surface area (Å²) in [7, 11) is 0. The van der Waals surface area contributed by atoms with Gasteiger partial charge in [-0.15, -0.1) is 0 Å². The van der Waals surface area contributed by atoms with Crippen LogP contribution < -0.4 is 0 Å². The number of rotatable bonds is 5. The topological polar surface area (TPSA) is 9.23 Å². The lowest BCUT2D eigenvalue weighted by atomic mass is 10.1. The summed E-state index contributed by atoms with van der Waals surface area (Å²) in [6.45, 7) is 3.97. The van der Waals surface area contributed by atoms with Gasteiger partial charge in [0.1, 0.15) is 0 Å². The van der Waals surface area contributed by atoms with E-state index in [2.05, 4.69) is 18.8 Å². The van der Waals surface area contributed by atoms with Crippen molar-refractivity contribution in [2.75, 3.05) is 13.2 Å². The molecule has 1 aliphatic rings. The van der Waals surface area contributed by atoms with Crippen LogP contribution in [0.5, 0.6) is 0 Å². The number of ether oxygens (including phenoxy) is 1. The van der Waals surface area contributed by atoms with Gasteiger partial charge in [-0.1, -0.05) is 37.0 Å². The minimum atomic E-state index is 0.411. The molecule has 0 spiro atoms. The molecule has 17 heavy (non-hydrogen) atoms. The molecule has 0 aliphatic heterocycles. The maximum Gasteiger partial charge on any atom is 0.0494 e. The van der Waals surface area contributed by atoms with E-state index >= 15 is 0 Å². The fourth-order valence-electron chi connectivity index (χ4n) is 1.59. The van der Waals surface area contributed by atoms with Gasteiger partial charge in [0.05, 0.1) is 0 Å². The SMILES string of the molecule is CC(C#Cc1ccccc1)CCOCC1CC1. The Labute approximate surface area is 104 Å². The van der Waals surface area contributed by atoms with Crippen LogP contribution in [0.15, 0.2) is 30.3 Å². The molecule has 1 aromatic carbocycles. The van der Waals surface area contributed by atoms with Crippen LogP contribution in [-0.2, 0) is 4.74 Å². The van der Waals surface area contributed by atoms with Gasteiger partial charge in [-0.2, -0.15) is 0 Å². The molecule has 1 aromatic rings. The summed E-state index contributed by atoms with van der Waals surface area (Å²) in [4.78, 5) is 0. The summed E-state index contributed by atoms with van der Waals surface area (Å²) in [6, 6.07) is 10.1. The third-order valence-corrected chi connectivity index (χ3v) is 2.98. The van der Waals surface area contributed by atoms with Crippen LogP contribution in [0.2, 0.25) is 0 Å². The Bertz CT molecular complexity index is 381. The first kappa shape index (κ1) is 12.2. The fourth-order valence-corrected chi connectivity index (χ4v) is 1.59. The molecule has 0 heterocycles. The maximum absolute atomic E-state index is 5.61. The molecule has 0 aromatic heterocycles. The second-order valence-corrected chi connectivity index (χ2v) is 4.84. The lowest BCUT2D eigenvalue weighted by Crippen LogP contribution is -2.02. The second-order valence-electron chi connectivity index (χ2n) is 4.84. The summed E-state index contributed by atoms with van der Waals surface area (Å²) < 4.78 is 5.61. The van der Waals surface area contributed by atoms with E-state index in [0.717, 1.165) is 31.1 Å². The van der Waals surface area contributed by atoms with Crippen LogP contribution in [-0.4, -0.2) is 13.2 Å². The molecule has 0 saturated heterocycles. The quantitative estimate of drug-likeness (QED) is 0.553. The first-order valence-corrected chi connectivity index (χ1v) is 6.49. The van der Waals surface area contributed by atoms with E-state index in [4.69, 9.17) is 4.74 Å². The molecule has 1 saturated carbocycles. The van der Waals surface area contributed by atoms with Crippen molar-refractivity contribution in [3.63, 3.8) is 0 Å². The molecule has 0 bridgehead atoms. The zero-order valence-corrected chi connectivity index (χ0v) is 10.5. The minimum absolute atomic E-state index is 0.411. The van der Waals surface area contributed by atoms with Crippen LogP contribution in [0.1, 0.15) is 31.7 Å². The van der Waals surface area contributed by atoms with Crippen LogP contribution in [0.3, 0.4) is 0 Å². The van der Waals surface area contributed by atoms with E-state index in [0.29, 0.717) is 5.92 Å². The Morgan fingerprint density at radius 3 is 2.76 bits per heavy atom. The molecule has 1 atom stereocenters. The first-order chi connectivity index (χ1) is 8.34. The molecule has 90 valence electrons. The highest BCUT2D eigenvalue weighted by Gasteiger charge is 2.20. The Hall–Kier alpha value is -1.26. The van der Waals surface area contributed by atoms with Gasteiger partial charge in [-0.05, 0) is 37.3 Å². The predicted molar refractivity (Wildman–Crippen MR) is 70.6 cm³/mol. The third kappa shape index (κ3) is 5.06. The summed E-state index contributed by atoms with van der Waals surface area (Å²) in [6.07, 6.45) is 3.76. The Balaban J connectivity index is 1.65. The zero-order chi connectivity index (χ0) is 11.9. The van der Waals surface area contributed by atoms with Crippen LogP contribution in [0.25, 0.3) is 0 Å². The van der Waals surface area contributed by atoms with E-state index in [1.54, 1.807) is 0 Å². The van der Waals surface area contributed by atoms with Gasteiger partial charge < -0.3 is 4.74 Å². The summed E-state index contributed by atoms with van der Waals surface area (Å²) in [5.41, 5.74) is 1.10. The molecule has 1 fully saturated rings. The smallest absolute Gasteiger partial charge is 0.0494 e. The predicted octanol–water partition coefficient (Wildman–Crippen LogP) is 3.49. The monoisotopic (exact) mass is 228 g/mol. The highest BCUT2D eigenvalue weighted by Crippen LogP contribution is 2.28. The van der Waals surface area contributed by atoms with Crippen molar-refractivity contribution in [3.8, 4) is 11.8 Å². The lowest BCUT2D eigenvalue weighted by molar-refractivity contribution is 0.117. The van der Waals surface area contributed by atoms with Gasteiger partial charge in [0.2, 0.25) is 0 Å². The average molecular weight is 228 g/mol. The van der Waals surface area contributed by atoms with Crippen molar-refractivity contribution in [1.82, 2.24) is 0 Å². The Morgan fingerprint density at radius 1 is 1.29 bits per heavy atom. The molecular weight excluding hydrogens is 208 g/mol. The molecule has 0 N–H and O–H groups in total. The third-order valence-electron chi connectivity index (χ3n) is 2.98. The fraction of sp³-hybridized carbons (Fsp3) is 0.500. The molecule has 1 heteroatoms. The van der Waals surface area contributed by atoms with E-state index < -0.39 is 0 Å². The summed E-state index contributed by atoms with van der Waals surface area (Å²) in [5, 5.41) is 0. The van der Waals surface area contributed by atoms with E-state index in [1.165, 1.54) is 12.8 Å². The van der Waals surface area contributed by atoms with Crippen molar-refractivity contribution in [2.45, 2.75) is 26.2 Å². The number of benzene rings is 1. The summed E-state index contributed by atoms with van der Waals surface area (Å²) in [5.74, 6) is 7.75. The van der Waals surface area contributed by atoms with E-state index in [1.807, 2.05) is 30.3 Å². The molecule has 0 amide bonds. The minimum Gasteiger partial charge on any atom is -0.381 e. The maximum atomic E-state index is 5.61. The van der Waals surface area contributed by atoms with Crippen molar-refractivity contribution < 1.29 is 4.74 Å². The van der Waals surface area contributed by atoms with Crippen molar-refractivity contribution in [2.24, 2.45) is 11.8 Å². The summed E-state index contributed by atoms with van der Waals surface area (Å²) >= 11 is 0. The van der Waals surface area contributed by atoms with Crippen LogP contribution >= 0.6 is 0 Å². The van der Waals surface area contributed by atoms with Crippen LogP contribution in [0.4, 0.5) is 0 Å². The molecule has 0 radical (unpaired) electrons. The molecular formula is C16H20O. The largest absolute Gasteiger partial charge is 0.381 e. The molecule has 2 rings (SSSR count).